The van der Waals surface area contributed by atoms with Crippen LogP contribution in [0.4, 0.5) is 8.78 Å². The molecule has 86 valence electrons. The van der Waals surface area contributed by atoms with E-state index in [9.17, 15) is 13.6 Å². The second-order valence-electron chi connectivity index (χ2n) is 3.16. The summed E-state index contributed by atoms with van der Waals surface area (Å²) in [5.41, 5.74) is 0.0940. The molecule has 5 heteroatoms. The fraction of sp³-hybridized carbons (Fsp3) is 0.182. The lowest BCUT2D eigenvalue weighted by Crippen LogP contribution is -1.99. The molecule has 2 N–H and O–H groups in total. The topological polar surface area (TPSA) is 57.5 Å². The first-order chi connectivity index (χ1) is 7.45. The van der Waals surface area contributed by atoms with Crippen LogP contribution in [-0.4, -0.2) is 16.2 Å². The number of hydrogen-bond acceptors (Lipinski definition) is 2. The summed E-state index contributed by atoms with van der Waals surface area (Å²) >= 11 is 0. The van der Waals surface area contributed by atoms with Gasteiger partial charge < -0.3 is 10.2 Å². The number of hydrogen-bond donors (Lipinski definition) is 2. The second-order valence-corrected chi connectivity index (χ2v) is 3.16. The van der Waals surface area contributed by atoms with Crippen LogP contribution in [-0.2, 0) is 4.79 Å². The summed E-state index contributed by atoms with van der Waals surface area (Å²) in [7, 11) is 0. The van der Waals surface area contributed by atoms with Crippen molar-refractivity contribution < 1.29 is 23.8 Å². The minimum Gasteiger partial charge on any atom is -0.503 e. The zero-order valence-electron chi connectivity index (χ0n) is 8.50. The Morgan fingerprint density at radius 1 is 1.38 bits per heavy atom. The number of halogens is 2. The highest BCUT2D eigenvalue weighted by Crippen LogP contribution is 2.23. The molecule has 0 radical (unpaired) electrons. The van der Waals surface area contributed by atoms with Crippen molar-refractivity contribution in [2.75, 3.05) is 0 Å². The summed E-state index contributed by atoms with van der Waals surface area (Å²) in [4.78, 5) is 10.7. The molecule has 0 unspecified atom stereocenters. The van der Waals surface area contributed by atoms with E-state index in [1.807, 2.05) is 0 Å². The van der Waals surface area contributed by atoms with Gasteiger partial charge >= 0.3 is 5.97 Å². The lowest BCUT2D eigenvalue weighted by atomic mass is 10.1. The molecule has 1 aromatic rings. The van der Waals surface area contributed by atoms with Crippen LogP contribution in [0.25, 0.3) is 6.08 Å². The van der Waals surface area contributed by atoms with Gasteiger partial charge in [-0.05, 0) is 30.2 Å². The largest absolute Gasteiger partial charge is 0.503 e. The number of carboxylic acids is 1. The Morgan fingerprint density at radius 3 is 2.25 bits per heavy atom. The molecule has 0 aliphatic carbocycles. The highest BCUT2D eigenvalue weighted by molar-refractivity contribution is 5.92. The number of aromatic hydroxyl groups is 1. The van der Waals surface area contributed by atoms with Gasteiger partial charge in [0.05, 0.1) is 0 Å². The van der Waals surface area contributed by atoms with Gasteiger partial charge in [-0.3, -0.25) is 0 Å². The van der Waals surface area contributed by atoms with Crippen molar-refractivity contribution in [1.82, 2.24) is 0 Å². The molecule has 0 heterocycles. The fourth-order valence-electron chi connectivity index (χ4n) is 1.18. The normalized spacial score (nSPS) is 11.6. The number of carboxylic acid groups (broad SMARTS) is 1. The van der Waals surface area contributed by atoms with E-state index in [2.05, 4.69) is 0 Å². The Balaban J connectivity index is 3.20. The molecule has 0 spiro atoms. The lowest BCUT2D eigenvalue weighted by molar-refractivity contribution is -0.132. The number of phenolic OH excluding ortho intramolecular Hbond substituents is 1. The Hall–Kier alpha value is -1.91. The maximum atomic E-state index is 12.9. The van der Waals surface area contributed by atoms with Gasteiger partial charge in [-0.2, -0.15) is 0 Å². The van der Waals surface area contributed by atoms with Crippen molar-refractivity contribution in [3.05, 3.63) is 34.9 Å². The predicted molar refractivity (Wildman–Crippen MR) is 53.9 cm³/mol. The number of benzene rings is 1. The fourth-order valence-corrected chi connectivity index (χ4v) is 1.18. The summed E-state index contributed by atoms with van der Waals surface area (Å²) < 4.78 is 25.9. The van der Waals surface area contributed by atoms with Crippen LogP contribution in [0.5, 0.6) is 5.75 Å². The van der Waals surface area contributed by atoms with Crippen LogP contribution in [0.3, 0.4) is 0 Å². The third-order valence-electron chi connectivity index (χ3n) is 2.04. The summed E-state index contributed by atoms with van der Waals surface area (Å²) in [5.74, 6) is -4.44. The molecule has 3 nitrogen and oxygen atoms in total. The van der Waals surface area contributed by atoms with Crippen molar-refractivity contribution in [3.63, 3.8) is 0 Å². The van der Waals surface area contributed by atoms with Crippen LogP contribution >= 0.6 is 0 Å². The van der Waals surface area contributed by atoms with E-state index < -0.39 is 23.4 Å². The van der Waals surface area contributed by atoms with Gasteiger partial charge in [0.1, 0.15) is 0 Å². The van der Waals surface area contributed by atoms with Crippen LogP contribution in [0.1, 0.15) is 18.9 Å². The molecule has 0 atom stereocenters. The maximum absolute atomic E-state index is 12.9. The van der Waals surface area contributed by atoms with Gasteiger partial charge in [-0.15, -0.1) is 0 Å². The molecular formula is C11H10F2O3. The number of rotatable bonds is 3. The number of phenols is 1. The first-order valence-electron chi connectivity index (χ1n) is 4.57. The second kappa shape index (κ2) is 4.74. The number of aliphatic carboxylic acids is 1. The van der Waals surface area contributed by atoms with E-state index >= 15 is 0 Å². The van der Waals surface area contributed by atoms with E-state index in [1.165, 1.54) is 0 Å². The highest BCUT2D eigenvalue weighted by Gasteiger charge is 2.10. The Morgan fingerprint density at radius 2 is 1.88 bits per heavy atom. The summed E-state index contributed by atoms with van der Waals surface area (Å²) in [6, 6.07) is 1.74. The van der Waals surface area contributed by atoms with E-state index in [0.717, 1.165) is 18.2 Å². The number of carbonyl (C=O) groups is 1. The van der Waals surface area contributed by atoms with E-state index in [1.54, 1.807) is 6.92 Å². The van der Waals surface area contributed by atoms with Gasteiger partial charge in [0.2, 0.25) is 0 Å². The third-order valence-corrected chi connectivity index (χ3v) is 2.04. The third kappa shape index (κ3) is 2.56. The summed E-state index contributed by atoms with van der Waals surface area (Å²) in [6.07, 6.45) is 1.40. The van der Waals surface area contributed by atoms with Gasteiger partial charge in [-0.1, -0.05) is 6.92 Å². The SMILES string of the molecule is CC/C(=C\c1cc(F)c(O)c(F)c1)C(=O)O. The summed E-state index contributed by atoms with van der Waals surface area (Å²) in [5, 5.41) is 17.6. The molecule has 0 saturated heterocycles. The van der Waals surface area contributed by atoms with Gasteiger partial charge in [-0.25, -0.2) is 13.6 Å². The Kier molecular flexibility index (Phi) is 3.60. The van der Waals surface area contributed by atoms with Crippen LogP contribution in [0.2, 0.25) is 0 Å². The average Bonchev–Trinajstić information content (AvgIpc) is 2.21. The van der Waals surface area contributed by atoms with E-state index in [4.69, 9.17) is 10.2 Å². The van der Waals surface area contributed by atoms with Crippen LogP contribution < -0.4 is 0 Å². The monoisotopic (exact) mass is 228 g/mol. The molecule has 0 fully saturated rings. The molecule has 16 heavy (non-hydrogen) atoms. The van der Waals surface area contributed by atoms with Gasteiger partial charge in [0.25, 0.3) is 0 Å². The molecule has 0 amide bonds. The van der Waals surface area contributed by atoms with Crippen molar-refractivity contribution in [1.29, 1.82) is 0 Å². The van der Waals surface area contributed by atoms with Crippen molar-refractivity contribution in [2.45, 2.75) is 13.3 Å². The van der Waals surface area contributed by atoms with Gasteiger partial charge in [0.15, 0.2) is 17.4 Å². The molecule has 1 rings (SSSR count). The first kappa shape index (κ1) is 12.2. The zero-order valence-corrected chi connectivity index (χ0v) is 8.50. The smallest absolute Gasteiger partial charge is 0.331 e. The molecule has 0 bridgehead atoms. The van der Waals surface area contributed by atoms with E-state index in [0.29, 0.717) is 0 Å². The molecule has 0 aliphatic heterocycles. The van der Waals surface area contributed by atoms with Gasteiger partial charge in [0, 0.05) is 5.57 Å². The average molecular weight is 228 g/mol. The predicted octanol–water partition coefficient (Wildman–Crippen LogP) is 2.55. The quantitative estimate of drug-likeness (QED) is 0.781. The van der Waals surface area contributed by atoms with Crippen LogP contribution in [0, 0.1) is 11.6 Å². The Labute approximate surface area is 90.6 Å². The minimum absolute atomic E-state index is 0.0319. The lowest BCUT2D eigenvalue weighted by Gasteiger charge is -2.01. The molecule has 0 saturated carbocycles. The highest BCUT2D eigenvalue weighted by atomic mass is 19.1. The molecule has 0 aliphatic rings. The molecular weight excluding hydrogens is 218 g/mol. The standard InChI is InChI=1S/C11H10F2O3/c1-2-7(11(15)16)3-6-4-8(12)10(14)9(13)5-6/h3-5,14H,2H2,1H3,(H,15,16)/b7-3+. The first-order valence-corrected chi connectivity index (χ1v) is 4.57. The van der Waals surface area contributed by atoms with Crippen molar-refractivity contribution >= 4 is 12.0 Å². The molecule has 0 aromatic heterocycles. The summed E-state index contributed by atoms with van der Waals surface area (Å²) in [6.45, 7) is 1.62. The van der Waals surface area contributed by atoms with Crippen LogP contribution in [0.15, 0.2) is 17.7 Å². The van der Waals surface area contributed by atoms with E-state index in [-0.39, 0.29) is 17.6 Å². The molecule has 1 aromatic carbocycles. The Bertz CT molecular complexity index is 430. The van der Waals surface area contributed by atoms with Crippen molar-refractivity contribution in [2.24, 2.45) is 0 Å². The van der Waals surface area contributed by atoms with Crippen molar-refractivity contribution in [3.8, 4) is 5.75 Å². The zero-order chi connectivity index (χ0) is 12.3. The minimum atomic E-state index is -1.14. The maximum Gasteiger partial charge on any atom is 0.331 e.